The third kappa shape index (κ3) is 1.97. The first-order chi connectivity index (χ1) is 4.34. The Bertz CT molecular complexity index is 205. The molecule has 2 nitrogen and oxygen atoms in total. The van der Waals surface area contributed by atoms with Gasteiger partial charge in [0.05, 0.1) is 5.69 Å². The van der Waals surface area contributed by atoms with Crippen molar-refractivity contribution in [3.63, 3.8) is 0 Å². The number of halogens is 2. The van der Waals surface area contributed by atoms with E-state index in [1.807, 2.05) is 0 Å². The third-order valence-corrected chi connectivity index (χ3v) is 1.03. The maximum atomic E-state index is 12.4. The van der Waals surface area contributed by atoms with E-state index in [0.717, 1.165) is 0 Å². The van der Waals surface area contributed by atoms with Crippen molar-refractivity contribution >= 4 is 22.7 Å². The molecule has 0 amide bonds. The molecule has 0 aliphatic heterocycles. The largest absolute Gasteiger partial charge is 0.321 e. The maximum Gasteiger partial charge on any atom is 0.147 e. The van der Waals surface area contributed by atoms with E-state index in [4.69, 9.17) is 5.84 Å². The molecule has 0 heterocycles. The molecule has 0 aromatic heterocycles. The zero-order chi connectivity index (χ0) is 6.69. The zero-order valence-electron chi connectivity index (χ0n) is 5.17. The molecule has 1 aromatic carbocycles. The molecule has 1 aromatic rings. The van der Waals surface area contributed by atoms with Crippen LogP contribution in [0.2, 0.25) is 0 Å². The van der Waals surface area contributed by atoms with Crippen molar-refractivity contribution in [3.05, 3.63) is 30.1 Å². The van der Waals surface area contributed by atoms with Gasteiger partial charge in [-0.25, -0.2) is 4.39 Å². The predicted octanol–water partition coefficient (Wildman–Crippen LogP) is 1.69. The molecule has 0 spiro atoms. The highest BCUT2D eigenvalue weighted by Crippen LogP contribution is 2.09. The van der Waals surface area contributed by atoms with Crippen LogP contribution < -0.4 is 11.3 Å². The summed E-state index contributed by atoms with van der Waals surface area (Å²) in [4.78, 5) is 0. The molecule has 0 unspecified atom stereocenters. The standard InChI is InChI=1S/C6H7FN2.BrH/c7-5-3-1-2-4-6(5)9-8;/h1-4,9H,8H2;1H. The van der Waals surface area contributed by atoms with Crippen LogP contribution in [0.1, 0.15) is 0 Å². The van der Waals surface area contributed by atoms with Gasteiger partial charge in [-0.15, -0.1) is 17.0 Å². The maximum absolute atomic E-state index is 12.4. The molecule has 0 aliphatic carbocycles. The second-order valence-corrected chi connectivity index (χ2v) is 1.62. The van der Waals surface area contributed by atoms with Gasteiger partial charge in [-0.3, -0.25) is 5.84 Å². The molecule has 0 radical (unpaired) electrons. The van der Waals surface area contributed by atoms with Gasteiger partial charge in [0.25, 0.3) is 0 Å². The molecule has 4 heteroatoms. The van der Waals surface area contributed by atoms with Gasteiger partial charge in [-0.1, -0.05) is 12.1 Å². The third-order valence-electron chi connectivity index (χ3n) is 1.03. The van der Waals surface area contributed by atoms with Crippen LogP contribution in [0.25, 0.3) is 0 Å². The normalized spacial score (nSPS) is 8.20. The van der Waals surface area contributed by atoms with E-state index in [1.54, 1.807) is 18.2 Å². The highest BCUT2D eigenvalue weighted by Gasteiger charge is 1.93. The Hall–Kier alpha value is -0.610. The fraction of sp³-hybridized carbons (Fsp3) is 0. The second kappa shape index (κ2) is 4.24. The smallest absolute Gasteiger partial charge is 0.147 e. The van der Waals surface area contributed by atoms with Crippen molar-refractivity contribution in [3.8, 4) is 0 Å². The Morgan fingerprint density at radius 3 is 2.30 bits per heavy atom. The lowest BCUT2D eigenvalue weighted by atomic mass is 10.3. The molecular weight excluding hydrogens is 199 g/mol. The number of hydrogen-bond donors (Lipinski definition) is 2. The SMILES string of the molecule is Br.NNc1ccccc1F. The average Bonchev–Trinajstić information content (AvgIpc) is 1.89. The van der Waals surface area contributed by atoms with E-state index in [1.165, 1.54) is 6.07 Å². The first-order valence-corrected chi connectivity index (χ1v) is 2.56. The van der Waals surface area contributed by atoms with E-state index >= 15 is 0 Å². The predicted molar refractivity (Wildman–Crippen MR) is 44.5 cm³/mol. The topological polar surface area (TPSA) is 38.0 Å². The zero-order valence-corrected chi connectivity index (χ0v) is 6.89. The van der Waals surface area contributed by atoms with Crippen molar-refractivity contribution in [1.82, 2.24) is 0 Å². The Labute approximate surface area is 69.0 Å². The number of hydrazine groups is 1. The van der Waals surface area contributed by atoms with Crippen molar-refractivity contribution in [2.45, 2.75) is 0 Å². The Morgan fingerprint density at radius 2 is 1.90 bits per heavy atom. The number of nitrogen functional groups attached to an aromatic ring is 1. The Balaban J connectivity index is 0.000000810. The summed E-state index contributed by atoms with van der Waals surface area (Å²) in [6.07, 6.45) is 0. The van der Waals surface area contributed by atoms with Gasteiger partial charge >= 0.3 is 0 Å². The fourth-order valence-corrected chi connectivity index (χ4v) is 0.578. The molecule has 56 valence electrons. The van der Waals surface area contributed by atoms with Gasteiger partial charge < -0.3 is 5.43 Å². The first-order valence-electron chi connectivity index (χ1n) is 2.56. The van der Waals surface area contributed by atoms with Crippen LogP contribution in [0.3, 0.4) is 0 Å². The molecule has 0 bridgehead atoms. The van der Waals surface area contributed by atoms with Gasteiger partial charge in [0.15, 0.2) is 0 Å². The molecule has 0 saturated carbocycles. The van der Waals surface area contributed by atoms with Crippen LogP contribution in [-0.4, -0.2) is 0 Å². The molecule has 10 heavy (non-hydrogen) atoms. The quantitative estimate of drug-likeness (QED) is 0.543. The van der Waals surface area contributed by atoms with E-state index < -0.39 is 0 Å². The molecule has 3 N–H and O–H groups in total. The molecule has 1 rings (SSSR count). The van der Waals surface area contributed by atoms with Crippen LogP contribution in [0.5, 0.6) is 0 Å². The number of anilines is 1. The van der Waals surface area contributed by atoms with E-state index in [9.17, 15) is 4.39 Å². The summed E-state index contributed by atoms with van der Waals surface area (Å²) in [5.41, 5.74) is 2.54. The van der Waals surface area contributed by atoms with Crippen LogP contribution in [0.15, 0.2) is 24.3 Å². The Kier molecular flexibility index (Phi) is 3.99. The van der Waals surface area contributed by atoms with Crippen LogP contribution in [0.4, 0.5) is 10.1 Å². The lowest BCUT2D eigenvalue weighted by Gasteiger charge is -1.97. The number of para-hydroxylation sites is 1. The van der Waals surface area contributed by atoms with E-state index in [0.29, 0.717) is 5.69 Å². The number of benzene rings is 1. The summed E-state index contributed by atoms with van der Waals surface area (Å²) >= 11 is 0. The fourth-order valence-electron chi connectivity index (χ4n) is 0.578. The summed E-state index contributed by atoms with van der Waals surface area (Å²) in [5.74, 6) is 4.63. The summed E-state index contributed by atoms with van der Waals surface area (Å²) in [6.45, 7) is 0. The average molecular weight is 207 g/mol. The van der Waals surface area contributed by atoms with Crippen LogP contribution in [0, 0.1) is 5.82 Å². The highest BCUT2D eigenvalue weighted by molar-refractivity contribution is 8.93. The van der Waals surface area contributed by atoms with Crippen molar-refractivity contribution in [2.24, 2.45) is 5.84 Å². The molecule has 0 aliphatic rings. The van der Waals surface area contributed by atoms with Gasteiger partial charge in [-0.2, -0.15) is 0 Å². The highest BCUT2D eigenvalue weighted by atomic mass is 79.9. The minimum Gasteiger partial charge on any atom is -0.321 e. The van der Waals surface area contributed by atoms with Gasteiger partial charge in [-0.05, 0) is 12.1 Å². The summed E-state index contributed by atoms with van der Waals surface area (Å²) in [7, 11) is 0. The summed E-state index contributed by atoms with van der Waals surface area (Å²) in [6, 6.07) is 6.22. The Morgan fingerprint density at radius 1 is 1.30 bits per heavy atom. The molecular formula is C6H8BrFN2. The van der Waals surface area contributed by atoms with Crippen LogP contribution in [-0.2, 0) is 0 Å². The van der Waals surface area contributed by atoms with Crippen LogP contribution >= 0.6 is 17.0 Å². The summed E-state index contributed by atoms with van der Waals surface area (Å²) < 4.78 is 12.4. The van der Waals surface area contributed by atoms with Gasteiger partial charge in [0.2, 0.25) is 0 Å². The lowest BCUT2D eigenvalue weighted by molar-refractivity contribution is 0.630. The van der Waals surface area contributed by atoms with Gasteiger partial charge in [0, 0.05) is 0 Å². The number of hydrogen-bond acceptors (Lipinski definition) is 2. The summed E-state index contributed by atoms with van der Waals surface area (Å²) in [5, 5.41) is 0. The van der Waals surface area contributed by atoms with Gasteiger partial charge in [0.1, 0.15) is 5.82 Å². The van der Waals surface area contributed by atoms with E-state index in [-0.39, 0.29) is 22.8 Å². The van der Waals surface area contributed by atoms with Crippen molar-refractivity contribution < 1.29 is 4.39 Å². The minimum atomic E-state index is -0.333. The molecule has 0 fully saturated rings. The minimum absolute atomic E-state index is 0. The number of nitrogens with two attached hydrogens (primary N) is 1. The van der Waals surface area contributed by atoms with Crippen molar-refractivity contribution in [2.75, 3.05) is 5.43 Å². The van der Waals surface area contributed by atoms with E-state index in [2.05, 4.69) is 5.43 Å². The monoisotopic (exact) mass is 206 g/mol. The molecule has 0 atom stereocenters. The molecule has 0 saturated heterocycles. The number of rotatable bonds is 1. The second-order valence-electron chi connectivity index (χ2n) is 1.62. The lowest BCUT2D eigenvalue weighted by Crippen LogP contribution is -2.07. The first kappa shape index (κ1) is 9.39. The number of nitrogens with one attached hydrogen (secondary N) is 1. The van der Waals surface area contributed by atoms with Crippen molar-refractivity contribution in [1.29, 1.82) is 0 Å².